The highest BCUT2D eigenvalue weighted by molar-refractivity contribution is 9.10. The number of halogens is 1. The van der Waals surface area contributed by atoms with Gasteiger partial charge < -0.3 is 9.84 Å². The molecule has 0 aliphatic rings. The lowest BCUT2D eigenvalue weighted by Crippen LogP contribution is -2.03. The van der Waals surface area contributed by atoms with Crippen LogP contribution in [0.25, 0.3) is 0 Å². The Morgan fingerprint density at radius 3 is 2.82 bits per heavy atom. The molecular formula is C13H12BrNO2. The van der Waals surface area contributed by atoms with Crippen LogP contribution in [0, 0.1) is 0 Å². The maximum Gasteiger partial charge on any atom is 0.122 e. The van der Waals surface area contributed by atoms with Crippen molar-refractivity contribution in [3.05, 3.63) is 58.3 Å². The second-order valence-corrected chi connectivity index (χ2v) is 4.40. The quantitative estimate of drug-likeness (QED) is 0.946. The van der Waals surface area contributed by atoms with Gasteiger partial charge >= 0.3 is 0 Å². The number of nitrogens with zero attached hydrogens (tertiary/aromatic N) is 1. The smallest absolute Gasteiger partial charge is 0.122 e. The molecule has 2 aromatic rings. The van der Waals surface area contributed by atoms with Gasteiger partial charge in [0.05, 0.1) is 12.8 Å². The van der Waals surface area contributed by atoms with E-state index in [1.165, 1.54) is 0 Å². The highest BCUT2D eigenvalue weighted by Gasteiger charge is 2.15. The lowest BCUT2D eigenvalue weighted by atomic mass is 10.1. The van der Waals surface area contributed by atoms with Gasteiger partial charge in [0.1, 0.15) is 11.9 Å². The van der Waals surface area contributed by atoms with Crippen molar-refractivity contribution in [2.24, 2.45) is 0 Å². The van der Waals surface area contributed by atoms with Crippen LogP contribution >= 0.6 is 15.9 Å². The van der Waals surface area contributed by atoms with Crippen LogP contribution in [0.2, 0.25) is 0 Å². The van der Waals surface area contributed by atoms with E-state index in [9.17, 15) is 5.11 Å². The van der Waals surface area contributed by atoms with E-state index in [-0.39, 0.29) is 0 Å². The number of aliphatic hydroxyl groups excluding tert-OH is 1. The Morgan fingerprint density at radius 2 is 2.12 bits per heavy atom. The highest BCUT2D eigenvalue weighted by atomic mass is 79.9. The molecule has 1 N–H and O–H groups in total. The first kappa shape index (κ1) is 12.1. The predicted molar refractivity (Wildman–Crippen MR) is 69.0 cm³/mol. The highest BCUT2D eigenvalue weighted by Crippen LogP contribution is 2.28. The molecule has 88 valence electrons. The Labute approximate surface area is 108 Å². The van der Waals surface area contributed by atoms with Crippen molar-refractivity contribution in [2.75, 3.05) is 7.11 Å². The normalized spacial score (nSPS) is 12.2. The number of hydrogen-bond donors (Lipinski definition) is 1. The molecule has 1 atom stereocenters. The van der Waals surface area contributed by atoms with E-state index >= 15 is 0 Å². The van der Waals surface area contributed by atoms with E-state index < -0.39 is 6.10 Å². The molecule has 3 nitrogen and oxygen atoms in total. The molecular weight excluding hydrogens is 282 g/mol. The minimum atomic E-state index is -0.763. The number of hydrogen-bond acceptors (Lipinski definition) is 3. The Bertz CT molecular complexity index is 516. The second kappa shape index (κ2) is 5.29. The Hall–Kier alpha value is -1.39. The summed E-state index contributed by atoms with van der Waals surface area (Å²) in [6, 6.07) is 11.0. The molecule has 0 saturated heterocycles. The molecule has 0 amide bonds. The molecule has 0 fully saturated rings. The molecule has 2 rings (SSSR count). The summed E-state index contributed by atoms with van der Waals surface area (Å²) in [7, 11) is 1.60. The van der Waals surface area contributed by atoms with Crippen molar-refractivity contribution in [3.8, 4) is 5.75 Å². The average Bonchev–Trinajstić information content (AvgIpc) is 2.38. The fourth-order valence-corrected chi connectivity index (χ4v) is 2.04. The lowest BCUT2D eigenvalue weighted by Gasteiger charge is -2.12. The van der Waals surface area contributed by atoms with Gasteiger partial charge in [-0.2, -0.15) is 0 Å². The van der Waals surface area contributed by atoms with Crippen molar-refractivity contribution in [3.63, 3.8) is 0 Å². The molecule has 0 spiro atoms. The van der Waals surface area contributed by atoms with Gasteiger partial charge in [0.2, 0.25) is 0 Å². The van der Waals surface area contributed by atoms with Crippen LogP contribution in [0.1, 0.15) is 17.4 Å². The first-order chi connectivity index (χ1) is 8.22. The Morgan fingerprint density at radius 1 is 1.29 bits per heavy atom. The minimum absolute atomic E-state index is 0.598. The first-order valence-corrected chi connectivity index (χ1v) is 5.94. The summed E-state index contributed by atoms with van der Waals surface area (Å²) in [5.74, 6) is 0.716. The fourth-order valence-electron chi connectivity index (χ4n) is 1.57. The number of pyridine rings is 1. The molecule has 0 radical (unpaired) electrons. The monoisotopic (exact) mass is 293 g/mol. The molecule has 4 heteroatoms. The summed E-state index contributed by atoms with van der Waals surface area (Å²) in [5, 5.41) is 10.2. The third-order valence-electron chi connectivity index (χ3n) is 2.46. The zero-order chi connectivity index (χ0) is 12.3. The molecule has 1 heterocycles. The van der Waals surface area contributed by atoms with Crippen LogP contribution in [-0.2, 0) is 0 Å². The predicted octanol–water partition coefficient (Wildman–Crippen LogP) is 2.93. The second-order valence-electron chi connectivity index (χ2n) is 3.55. The fraction of sp³-hybridized carbons (Fsp3) is 0.154. The molecule has 0 aliphatic carbocycles. The summed E-state index contributed by atoms with van der Waals surface area (Å²) in [6.07, 6.45) is 0.893. The largest absolute Gasteiger partial charge is 0.497 e. The Kier molecular flexibility index (Phi) is 3.76. The van der Waals surface area contributed by atoms with Gasteiger partial charge in [0.25, 0.3) is 0 Å². The number of rotatable bonds is 3. The van der Waals surface area contributed by atoms with E-state index in [0.717, 1.165) is 10.0 Å². The first-order valence-electron chi connectivity index (χ1n) is 5.15. The van der Waals surface area contributed by atoms with Crippen LogP contribution in [0.3, 0.4) is 0 Å². The van der Waals surface area contributed by atoms with Crippen molar-refractivity contribution in [1.29, 1.82) is 0 Å². The minimum Gasteiger partial charge on any atom is -0.497 e. The summed E-state index contributed by atoms with van der Waals surface area (Å²) in [4.78, 5) is 4.17. The van der Waals surface area contributed by atoms with Crippen molar-refractivity contribution < 1.29 is 9.84 Å². The number of methoxy groups -OCH3 is 1. The zero-order valence-corrected chi connectivity index (χ0v) is 10.9. The number of benzene rings is 1. The SMILES string of the molecule is COc1cccc(C(O)c2ncccc2Br)c1. The summed E-state index contributed by atoms with van der Waals surface area (Å²) >= 11 is 3.38. The molecule has 0 aliphatic heterocycles. The molecule has 1 aromatic heterocycles. The van der Waals surface area contributed by atoms with E-state index in [0.29, 0.717) is 11.4 Å². The van der Waals surface area contributed by atoms with Gasteiger partial charge in [0.15, 0.2) is 0 Å². The van der Waals surface area contributed by atoms with Crippen molar-refractivity contribution in [1.82, 2.24) is 4.98 Å². The number of ether oxygens (including phenoxy) is 1. The average molecular weight is 294 g/mol. The third-order valence-corrected chi connectivity index (χ3v) is 3.13. The van der Waals surface area contributed by atoms with E-state index in [2.05, 4.69) is 20.9 Å². The standard InChI is InChI=1S/C13H12BrNO2/c1-17-10-5-2-4-9(8-10)13(16)12-11(14)6-3-7-15-12/h2-8,13,16H,1H3. The zero-order valence-electron chi connectivity index (χ0n) is 9.30. The third kappa shape index (κ3) is 2.65. The van der Waals surface area contributed by atoms with Crippen LogP contribution < -0.4 is 4.74 Å². The summed E-state index contributed by atoms with van der Waals surface area (Å²) in [6.45, 7) is 0. The van der Waals surface area contributed by atoms with E-state index in [4.69, 9.17) is 4.74 Å². The summed E-state index contributed by atoms with van der Waals surface area (Å²) in [5.41, 5.74) is 1.35. The summed E-state index contributed by atoms with van der Waals surface area (Å²) < 4.78 is 5.92. The van der Waals surface area contributed by atoms with Gasteiger partial charge in [-0.15, -0.1) is 0 Å². The van der Waals surface area contributed by atoms with Crippen LogP contribution in [0.15, 0.2) is 47.1 Å². The topological polar surface area (TPSA) is 42.4 Å². The van der Waals surface area contributed by atoms with Gasteiger partial charge in [-0.3, -0.25) is 4.98 Å². The van der Waals surface area contributed by atoms with Crippen LogP contribution in [0.4, 0.5) is 0 Å². The van der Waals surface area contributed by atoms with E-state index in [1.807, 2.05) is 30.3 Å². The maximum atomic E-state index is 10.2. The number of aromatic nitrogens is 1. The molecule has 17 heavy (non-hydrogen) atoms. The number of aliphatic hydroxyl groups is 1. The van der Waals surface area contributed by atoms with Crippen LogP contribution in [0.5, 0.6) is 5.75 Å². The van der Waals surface area contributed by atoms with Gasteiger partial charge in [0, 0.05) is 10.7 Å². The van der Waals surface area contributed by atoms with Crippen molar-refractivity contribution in [2.45, 2.75) is 6.10 Å². The van der Waals surface area contributed by atoms with Gasteiger partial charge in [-0.25, -0.2) is 0 Å². The van der Waals surface area contributed by atoms with E-state index in [1.54, 1.807) is 19.4 Å². The Balaban J connectivity index is 2.37. The van der Waals surface area contributed by atoms with Gasteiger partial charge in [-0.05, 0) is 45.8 Å². The van der Waals surface area contributed by atoms with Gasteiger partial charge in [-0.1, -0.05) is 12.1 Å². The van der Waals surface area contributed by atoms with Crippen LogP contribution in [-0.4, -0.2) is 17.2 Å². The molecule has 1 unspecified atom stereocenters. The molecule has 0 bridgehead atoms. The van der Waals surface area contributed by atoms with Crippen molar-refractivity contribution >= 4 is 15.9 Å². The lowest BCUT2D eigenvalue weighted by molar-refractivity contribution is 0.214. The molecule has 1 aromatic carbocycles. The maximum absolute atomic E-state index is 10.2. The molecule has 0 saturated carbocycles.